The molecule has 0 radical (unpaired) electrons. The van der Waals surface area contributed by atoms with Crippen molar-refractivity contribution in [3.05, 3.63) is 85.2 Å². The van der Waals surface area contributed by atoms with Crippen molar-refractivity contribution in [3.8, 4) is 5.69 Å². The highest BCUT2D eigenvalue weighted by molar-refractivity contribution is 9.10. The lowest BCUT2D eigenvalue weighted by molar-refractivity contribution is 0.0524. The van der Waals surface area contributed by atoms with Gasteiger partial charge in [0.05, 0.1) is 18.8 Å². The predicted molar refractivity (Wildman–Crippen MR) is 107 cm³/mol. The molecule has 0 spiro atoms. The average Bonchev–Trinajstić information content (AvgIpc) is 2.94. The molecule has 134 valence electrons. The first-order valence-corrected chi connectivity index (χ1v) is 9.58. The standard InChI is InChI=1S/C19H16Br2N2O3/c1-2-26-19(25)16-12-22(11-13-5-3-4-6-17(13)21)23(18(16)24)15-9-7-14(20)8-10-15/h3-10,12H,2,11H2,1H3. The predicted octanol–water partition coefficient (Wildman–Crippen LogP) is 4.39. The van der Waals surface area contributed by atoms with Crippen LogP contribution in [0.1, 0.15) is 22.8 Å². The lowest BCUT2D eigenvalue weighted by Crippen LogP contribution is -2.24. The molecule has 1 heterocycles. The van der Waals surface area contributed by atoms with Gasteiger partial charge in [0.15, 0.2) is 0 Å². The van der Waals surface area contributed by atoms with E-state index < -0.39 is 11.5 Å². The number of aromatic nitrogens is 2. The van der Waals surface area contributed by atoms with Crippen LogP contribution in [0.5, 0.6) is 0 Å². The molecule has 0 amide bonds. The van der Waals surface area contributed by atoms with E-state index in [1.165, 1.54) is 4.68 Å². The number of ether oxygens (including phenoxy) is 1. The zero-order chi connectivity index (χ0) is 18.7. The van der Waals surface area contributed by atoms with Crippen molar-refractivity contribution < 1.29 is 9.53 Å². The van der Waals surface area contributed by atoms with Crippen LogP contribution >= 0.6 is 31.9 Å². The Morgan fingerprint density at radius 2 is 1.77 bits per heavy atom. The topological polar surface area (TPSA) is 53.2 Å². The van der Waals surface area contributed by atoms with Crippen LogP contribution in [0.2, 0.25) is 0 Å². The highest BCUT2D eigenvalue weighted by atomic mass is 79.9. The van der Waals surface area contributed by atoms with Crippen LogP contribution in [0, 0.1) is 0 Å². The van der Waals surface area contributed by atoms with Gasteiger partial charge in [0.2, 0.25) is 0 Å². The number of hydrogen-bond donors (Lipinski definition) is 0. The third kappa shape index (κ3) is 3.83. The van der Waals surface area contributed by atoms with Crippen molar-refractivity contribution in [3.63, 3.8) is 0 Å². The second kappa shape index (κ2) is 8.05. The molecule has 0 unspecified atom stereocenters. The normalized spacial score (nSPS) is 10.7. The van der Waals surface area contributed by atoms with E-state index in [2.05, 4.69) is 31.9 Å². The highest BCUT2D eigenvalue weighted by Gasteiger charge is 2.20. The third-order valence-corrected chi connectivity index (χ3v) is 5.12. The van der Waals surface area contributed by atoms with Crippen LogP contribution in [-0.2, 0) is 11.3 Å². The number of rotatable bonds is 5. The molecule has 2 aromatic carbocycles. The number of nitrogens with zero attached hydrogens (tertiary/aromatic N) is 2. The summed E-state index contributed by atoms with van der Waals surface area (Å²) in [7, 11) is 0. The molecule has 5 nitrogen and oxygen atoms in total. The van der Waals surface area contributed by atoms with Gasteiger partial charge in [0, 0.05) is 15.1 Å². The van der Waals surface area contributed by atoms with Gasteiger partial charge in [-0.05, 0) is 42.8 Å². The number of hydrogen-bond acceptors (Lipinski definition) is 3. The third-order valence-electron chi connectivity index (χ3n) is 3.81. The van der Waals surface area contributed by atoms with E-state index in [4.69, 9.17) is 4.74 Å². The fourth-order valence-corrected chi connectivity index (χ4v) is 3.28. The largest absolute Gasteiger partial charge is 0.462 e. The molecule has 1 aromatic heterocycles. The number of esters is 1. The van der Waals surface area contributed by atoms with E-state index in [0.29, 0.717) is 12.2 Å². The molecule has 0 bridgehead atoms. The minimum atomic E-state index is -0.616. The van der Waals surface area contributed by atoms with Gasteiger partial charge in [-0.3, -0.25) is 9.48 Å². The van der Waals surface area contributed by atoms with Crippen LogP contribution in [0.4, 0.5) is 0 Å². The lowest BCUT2D eigenvalue weighted by Gasteiger charge is -2.13. The molecule has 0 aliphatic rings. The minimum absolute atomic E-state index is 0.0156. The van der Waals surface area contributed by atoms with E-state index in [1.54, 1.807) is 17.8 Å². The Bertz CT molecular complexity index is 991. The highest BCUT2D eigenvalue weighted by Crippen LogP contribution is 2.19. The van der Waals surface area contributed by atoms with E-state index in [9.17, 15) is 9.59 Å². The zero-order valence-corrected chi connectivity index (χ0v) is 17.2. The SMILES string of the molecule is CCOC(=O)c1cn(Cc2ccccc2Br)n(-c2ccc(Br)cc2)c1=O. The Kier molecular flexibility index (Phi) is 5.78. The Morgan fingerprint density at radius 3 is 2.42 bits per heavy atom. The number of carbonyl (C=O) groups excluding carboxylic acids is 1. The first-order valence-electron chi connectivity index (χ1n) is 8.00. The van der Waals surface area contributed by atoms with Gasteiger partial charge < -0.3 is 4.74 Å². The summed E-state index contributed by atoms with van der Waals surface area (Å²) < 4.78 is 10.1. The lowest BCUT2D eigenvalue weighted by atomic mass is 10.2. The van der Waals surface area contributed by atoms with Crippen molar-refractivity contribution >= 4 is 37.8 Å². The molecule has 3 rings (SSSR count). The molecule has 0 saturated carbocycles. The van der Waals surface area contributed by atoms with E-state index in [-0.39, 0.29) is 12.2 Å². The summed E-state index contributed by atoms with van der Waals surface area (Å²) in [5, 5.41) is 0. The number of halogens is 2. The molecule has 0 saturated heterocycles. The fraction of sp³-hybridized carbons (Fsp3) is 0.158. The van der Waals surface area contributed by atoms with Crippen LogP contribution in [0.3, 0.4) is 0 Å². The van der Waals surface area contributed by atoms with E-state index >= 15 is 0 Å². The summed E-state index contributed by atoms with van der Waals surface area (Å²) in [5.74, 6) is -0.616. The first kappa shape index (κ1) is 18.7. The van der Waals surface area contributed by atoms with Crippen molar-refractivity contribution in [1.29, 1.82) is 0 Å². The average molecular weight is 480 g/mol. The maximum absolute atomic E-state index is 12.9. The van der Waals surface area contributed by atoms with Gasteiger partial charge in [-0.15, -0.1) is 0 Å². The molecule has 3 aromatic rings. The maximum atomic E-state index is 12.9. The Hall–Kier alpha value is -2.12. The number of benzene rings is 2. The molecule has 0 aliphatic heterocycles. The zero-order valence-electron chi connectivity index (χ0n) is 14.0. The molecule has 7 heteroatoms. The number of carbonyl (C=O) groups is 1. The summed E-state index contributed by atoms with van der Waals surface area (Å²) in [4.78, 5) is 25.1. The van der Waals surface area contributed by atoms with Gasteiger partial charge in [0.25, 0.3) is 5.56 Å². The Labute approximate surface area is 167 Å². The molecule has 26 heavy (non-hydrogen) atoms. The Morgan fingerprint density at radius 1 is 1.08 bits per heavy atom. The molecular weight excluding hydrogens is 464 g/mol. The van der Waals surface area contributed by atoms with Crippen molar-refractivity contribution in [2.24, 2.45) is 0 Å². The van der Waals surface area contributed by atoms with E-state index in [1.807, 2.05) is 48.5 Å². The van der Waals surface area contributed by atoms with Crippen LogP contribution < -0.4 is 5.56 Å². The maximum Gasteiger partial charge on any atom is 0.345 e. The van der Waals surface area contributed by atoms with Crippen molar-refractivity contribution in [2.45, 2.75) is 13.5 Å². The molecule has 0 fully saturated rings. The summed E-state index contributed by atoms with van der Waals surface area (Å²) in [6.45, 7) is 2.35. The molecule has 0 atom stereocenters. The van der Waals surface area contributed by atoms with Crippen molar-refractivity contribution in [1.82, 2.24) is 9.36 Å². The van der Waals surface area contributed by atoms with Gasteiger partial charge in [-0.25, -0.2) is 9.48 Å². The van der Waals surface area contributed by atoms with Crippen molar-refractivity contribution in [2.75, 3.05) is 6.61 Å². The second-order valence-electron chi connectivity index (χ2n) is 5.55. The van der Waals surface area contributed by atoms with Crippen LogP contribution in [0.25, 0.3) is 5.69 Å². The molecule has 0 N–H and O–H groups in total. The van der Waals surface area contributed by atoms with Gasteiger partial charge >= 0.3 is 5.97 Å². The van der Waals surface area contributed by atoms with Gasteiger partial charge in [-0.2, -0.15) is 0 Å². The second-order valence-corrected chi connectivity index (χ2v) is 7.32. The minimum Gasteiger partial charge on any atom is -0.462 e. The fourth-order valence-electron chi connectivity index (χ4n) is 2.61. The van der Waals surface area contributed by atoms with E-state index in [0.717, 1.165) is 14.5 Å². The van der Waals surface area contributed by atoms with Gasteiger partial charge in [-0.1, -0.05) is 50.1 Å². The molecular formula is C19H16Br2N2O3. The first-order chi connectivity index (χ1) is 12.5. The summed E-state index contributed by atoms with van der Waals surface area (Å²) in [6.07, 6.45) is 1.54. The monoisotopic (exact) mass is 478 g/mol. The summed E-state index contributed by atoms with van der Waals surface area (Å²) in [6, 6.07) is 15.1. The van der Waals surface area contributed by atoms with Crippen LogP contribution in [0.15, 0.2) is 68.5 Å². The summed E-state index contributed by atoms with van der Waals surface area (Å²) >= 11 is 6.92. The Balaban J connectivity index is 2.13. The smallest absolute Gasteiger partial charge is 0.345 e. The quantitative estimate of drug-likeness (QED) is 0.510. The molecule has 0 aliphatic carbocycles. The van der Waals surface area contributed by atoms with Gasteiger partial charge in [0.1, 0.15) is 5.56 Å². The summed E-state index contributed by atoms with van der Waals surface area (Å²) in [5.41, 5.74) is 1.27. The van der Waals surface area contributed by atoms with Crippen LogP contribution in [-0.4, -0.2) is 21.9 Å².